The van der Waals surface area contributed by atoms with Crippen molar-refractivity contribution in [3.63, 3.8) is 0 Å². The van der Waals surface area contributed by atoms with E-state index in [-0.39, 0.29) is 0 Å². The smallest absolute Gasteiger partial charge is 0.0830 e. The Labute approximate surface area is 80.8 Å². The molecule has 78 valence electrons. The minimum Gasteiger partial charge on any atom is -0.379 e. The molecule has 3 nitrogen and oxygen atoms in total. The van der Waals surface area contributed by atoms with Crippen LogP contribution in [0.1, 0.15) is 20.3 Å². The van der Waals surface area contributed by atoms with Gasteiger partial charge in [0.05, 0.1) is 19.3 Å². The van der Waals surface area contributed by atoms with E-state index in [1.165, 1.54) is 0 Å². The van der Waals surface area contributed by atoms with Gasteiger partial charge in [-0.2, -0.15) is 0 Å². The van der Waals surface area contributed by atoms with Crippen LogP contribution in [0.2, 0.25) is 0 Å². The van der Waals surface area contributed by atoms with Crippen molar-refractivity contribution in [1.29, 1.82) is 0 Å². The minimum absolute atomic E-state index is 0.351. The molecule has 3 heteroatoms. The lowest BCUT2D eigenvalue weighted by Crippen LogP contribution is -2.26. The first-order valence-electron chi connectivity index (χ1n) is 5.23. The lowest BCUT2D eigenvalue weighted by molar-refractivity contribution is 0.0252. The second kappa shape index (κ2) is 6.35. The fraction of sp³-hybridized carbons (Fsp3) is 1.00. The Hall–Kier alpha value is -0.120. The molecule has 0 aliphatic carbocycles. The maximum Gasteiger partial charge on any atom is 0.0830 e. The van der Waals surface area contributed by atoms with E-state index in [2.05, 4.69) is 19.2 Å². The highest BCUT2D eigenvalue weighted by Crippen LogP contribution is 2.09. The zero-order chi connectivity index (χ0) is 9.52. The van der Waals surface area contributed by atoms with Gasteiger partial charge in [0, 0.05) is 6.61 Å². The summed E-state index contributed by atoms with van der Waals surface area (Å²) in [5.41, 5.74) is 0. The van der Waals surface area contributed by atoms with E-state index in [0.717, 1.165) is 39.3 Å². The molecule has 0 saturated carbocycles. The van der Waals surface area contributed by atoms with Gasteiger partial charge in [0.2, 0.25) is 0 Å². The monoisotopic (exact) mass is 187 g/mol. The van der Waals surface area contributed by atoms with E-state index in [4.69, 9.17) is 9.47 Å². The first-order chi connectivity index (χ1) is 6.33. The molecular weight excluding hydrogens is 166 g/mol. The molecule has 2 unspecified atom stereocenters. The number of hydrogen-bond donors (Lipinski definition) is 1. The van der Waals surface area contributed by atoms with Gasteiger partial charge in [-0.1, -0.05) is 13.8 Å². The van der Waals surface area contributed by atoms with Gasteiger partial charge in [-0.25, -0.2) is 0 Å². The fourth-order valence-electron chi connectivity index (χ4n) is 1.39. The molecule has 2 atom stereocenters. The van der Waals surface area contributed by atoms with Crippen molar-refractivity contribution in [2.24, 2.45) is 5.92 Å². The molecule has 1 rings (SSSR count). The van der Waals surface area contributed by atoms with E-state index < -0.39 is 0 Å². The van der Waals surface area contributed by atoms with Crippen LogP contribution in [0.5, 0.6) is 0 Å². The van der Waals surface area contributed by atoms with Crippen molar-refractivity contribution in [2.75, 3.05) is 32.9 Å². The molecule has 0 amide bonds. The van der Waals surface area contributed by atoms with Crippen LogP contribution >= 0.6 is 0 Å². The standard InChI is InChI=1S/C10H21NO2/c1-3-11-6-9(2)7-13-10-4-5-12-8-10/h9-11H,3-8H2,1-2H3. The summed E-state index contributed by atoms with van der Waals surface area (Å²) in [4.78, 5) is 0. The van der Waals surface area contributed by atoms with Crippen molar-refractivity contribution >= 4 is 0 Å². The lowest BCUT2D eigenvalue weighted by Gasteiger charge is -2.15. The second-order valence-corrected chi connectivity index (χ2v) is 3.73. The normalized spacial score (nSPS) is 24.9. The summed E-state index contributed by atoms with van der Waals surface area (Å²) >= 11 is 0. The van der Waals surface area contributed by atoms with Crippen LogP contribution in [0.25, 0.3) is 0 Å². The second-order valence-electron chi connectivity index (χ2n) is 3.73. The number of rotatable bonds is 6. The molecule has 0 aromatic rings. The highest BCUT2D eigenvalue weighted by molar-refractivity contribution is 4.64. The Balaban J connectivity index is 1.97. The summed E-state index contributed by atoms with van der Waals surface area (Å²) in [6, 6.07) is 0. The van der Waals surface area contributed by atoms with Gasteiger partial charge in [-0.3, -0.25) is 0 Å². The number of nitrogens with one attached hydrogen (secondary N) is 1. The van der Waals surface area contributed by atoms with Crippen LogP contribution in [0.4, 0.5) is 0 Å². The molecule has 1 fully saturated rings. The Morgan fingerprint density at radius 1 is 1.62 bits per heavy atom. The van der Waals surface area contributed by atoms with Crippen LogP contribution in [0, 0.1) is 5.92 Å². The highest BCUT2D eigenvalue weighted by Gasteiger charge is 2.16. The van der Waals surface area contributed by atoms with E-state index >= 15 is 0 Å². The molecule has 0 aromatic carbocycles. The summed E-state index contributed by atoms with van der Waals surface area (Å²) in [6.45, 7) is 8.92. The van der Waals surface area contributed by atoms with E-state index in [9.17, 15) is 0 Å². The molecule has 0 radical (unpaired) electrons. The van der Waals surface area contributed by atoms with Crippen LogP contribution in [0.3, 0.4) is 0 Å². The molecule has 1 saturated heterocycles. The van der Waals surface area contributed by atoms with Crippen molar-refractivity contribution in [3.8, 4) is 0 Å². The maximum absolute atomic E-state index is 5.70. The predicted molar refractivity (Wildman–Crippen MR) is 52.9 cm³/mol. The first-order valence-corrected chi connectivity index (χ1v) is 5.23. The fourth-order valence-corrected chi connectivity index (χ4v) is 1.39. The van der Waals surface area contributed by atoms with Crippen molar-refractivity contribution in [1.82, 2.24) is 5.32 Å². The molecule has 0 bridgehead atoms. The quantitative estimate of drug-likeness (QED) is 0.674. The molecular formula is C10H21NO2. The van der Waals surface area contributed by atoms with Gasteiger partial charge in [0.25, 0.3) is 0 Å². The average molecular weight is 187 g/mol. The number of ether oxygens (including phenoxy) is 2. The average Bonchev–Trinajstić information content (AvgIpc) is 2.64. The topological polar surface area (TPSA) is 30.5 Å². The van der Waals surface area contributed by atoms with E-state index in [1.54, 1.807) is 0 Å². The zero-order valence-corrected chi connectivity index (χ0v) is 8.71. The maximum atomic E-state index is 5.70. The van der Waals surface area contributed by atoms with Crippen LogP contribution in [-0.2, 0) is 9.47 Å². The van der Waals surface area contributed by atoms with E-state index in [0.29, 0.717) is 12.0 Å². The van der Waals surface area contributed by atoms with Crippen LogP contribution in [-0.4, -0.2) is 39.0 Å². The third kappa shape index (κ3) is 4.60. The lowest BCUT2D eigenvalue weighted by atomic mass is 10.2. The molecule has 0 spiro atoms. The van der Waals surface area contributed by atoms with Crippen molar-refractivity contribution in [3.05, 3.63) is 0 Å². The van der Waals surface area contributed by atoms with Gasteiger partial charge in [-0.05, 0) is 25.4 Å². The van der Waals surface area contributed by atoms with Crippen LogP contribution in [0.15, 0.2) is 0 Å². The summed E-state index contributed by atoms with van der Waals surface area (Å²) in [6.07, 6.45) is 1.41. The largest absolute Gasteiger partial charge is 0.379 e. The van der Waals surface area contributed by atoms with Crippen molar-refractivity contribution < 1.29 is 9.47 Å². The van der Waals surface area contributed by atoms with E-state index in [1.807, 2.05) is 0 Å². The zero-order valence-electron chi connectivity index (χ0n) is 8.71. The molecule has 1 N–H and O–H groups in total. The summed E-state index contributed by atoms with van der Waals surface area (Å²) in [5, 5.41) is 3.31. The molecule has 1 aliphatic heterocycles. The summed E-state index contributed by atoms with van der Waals surface area (Å²) in [5.74, 6) is 0.598. The van der Waals surface area contributed by atoms with Gasteiger partial charge < -0.3 is 14.8 Å². The van der Waals surface area contributed by atoms with Gasteiger partial charge in [0.1, 0.15) is 0 Å². The van der Waals surface area contributed by atoms with Gasteiger partial charge >= 0.3 is 0 Å². The molecule has 1 aliphatic rings. The molecule has 0 aromatic heterocycles. The molecule has 13 heavy (non-hydrogen) atoms. The predicted octanol–water partition coefficient (Wildman–Crippen LogP) is 1.04. The Kier molecular flexibility index (Phi) is 5.35. The highest BCUT2D eigenvalue weighted by atomic mass is 16.5. The SMILES string of the molecule is CCNCC(C)COC1CCOC1. The Morgan fingerprint density at radius 2 is 2.46 bits per heavy atom. The third-order valence-electron chi connectivity index (χ3n) is 2.25. The van der Waals surface area contributed by atoms with Crippen molar-refractivity contribution in [2.45, 2.75) is 26.4 Å². The third-order valence-corrected chi connectivity index (χ3v) is 2.25. The van der Waals surface area contributed by atoms with Gasteiger partial charge in [-0.15, -0.1) is 0 Å². The summed E-state index contributed by atoms with van der Waals surface area (Å²) < 4.78 is 10.9. The minimum atomic E-state index is 0.351. The first kappa shape index (κ1) is 11.0. The number of hydrogen-bond acceptors (Lipinski definition) is 3. The van der Waals surface area contributed by atoms with Crippen LogP contribution < -0.4 is 5.32 Å². The Bertz CT molecular complexity index is 124. The Morgan fingerprint density at radius 3 is 3.08 bits per heavy atom. The molecule has 1 heterocycles. The van der Waals surface area contributed by atoms with Gasteiger partial charge in [0.15, 0.2) is 0 Å². The summed E-state index contributed by atoms with van der Waals surface area (Å²) in [7, 11) is 0.